The molecule has 0 saturated carbocycles. The third kappa shape index (κ3) is 2.49. The summed E-state index contributed by atoms with van der Waals surface area (Å²) in [6.45, 7) is 0.752. The second kappa shape index (κ2) is 5.17. The smallest absolute Gasteiger partial charge is 0.181 e. The molecule has 0 bridgehead atoms. The van der Waals surface area contributed by atoms with Gasteiger partial charge in [-0.05, 0) is 35.9 Å². The highest BCUT2D eigenvalue weighted by Crippen LogP contribution is 2.27. The molecule has 4 nitrogen and oxygen atoms in total. The predicted molar refractivity (Wildman–Crippen MR) is 84.7 cm³/mol. The summed E-state index contributed by atoms with van der Waals surface area (Å²) >= 11 is 3.42. The molecule has 0 aliphatic heterocycles. The van der Waals surface area contributed by atoms with Crippen LogP contribution in [0.4, 0.5) is 11.4 Å². The van der Waals surface area contributed by atoms with E-state index in [-0.39, 0.29) is 0 Å². The summed E-state index contributed by atoms with van der Waals surface area (Å²) < 4.78 is 6.31. The van der Waals surface area contributed by atoms with Crippen molar-refractivity contribution in [2.24, 2.45) is 0 Å². The lowest BCUT2D eigenvalue weighted by Crippen LogP contribution is -2.17. The number of nitrogen functional groups attached to an aromatic ring is 1. The first-order valence-electron chi connectivity index (χ1n) is 6.22. The number of nitrogens with two attached hydrogens (primary N) is 1. The lowest BCUT2D eigenvalue weighted by molar-refractivity contribution is 0.601. The van der Waals surface area contributed by atoms with Gasteiger partial charge in [0.25, 0.3) is 0 Å². The van der Waals surface area contributed by atoms with Crippen LogP contribution in [0.5, 0.6) is 0 Å². The Morgan fingerprint density at radius 3 is 2.90 bits per heavy atom. The molecule has 0 amide bonds. The highest BCUT2D eigenvalue weighted by atomic mass is 79.9. The van der Waals surface area contributed by atoms with Crippen LogP contribution in [0.25, 0.3) is 11.1 Å². The zero-order chi connectivity index (χ0) is 14.1. The van der Waals surface area contributed by atoms with Gasteiger partial charge in [0.05, 0.1) is 11.4 Å². The number of nitrogens with zero attached hydrogens (tertiary/aromatic N) is 2. The van der Waals surface area contributed by atoms with Gasteiger partial charge in [0, 0.05) is 18.1 Å². The molecule has 0 radical (unpaired) electrons. The Morgan fingerprint density at radius 2 is 2.10 bits per heavy atom. The molecule has 3 rings (SSSR count). The van der Waals surface area contributed by atoms with Crippen LogP contribution in [0.15, 0.2) is 51.7 Å². The first kappa shape index (κ1) is 13.0. The van der Waals surface area contributed by atoms with Crippen molar-refractivity contribution in [3.05, 3.63) is 52.8 Å². The van der Waals surface area contributed by atoms with E-state index in [0.717, 1.165) is 39.1 Å². The zero-order valence-corrected chi connectivity index (χ0v) is 12.6. The van der Waals surface area contributed by atoms with E-state index in [1.165, 1.54) is 6.39 Å². The first-order chi connectivity index (χ1) is 9.63. The Hall–Kier alpha value is -2.01. The molecule has 0 saturated heterocycles. The monoisotopic (exact) mass is 331 g/mol. The molecule has 1 heterocycles. The van der Waals surface area contributed by atoms with Gasteiger partial charge < -0.3 is 15.1 Å². The maximum atomic E-state index is 6.05. The first-order valence-corrected chi connectivity index (χ1v) is 7.01. The van der Waals surface area contributed by atoms with Crippen molar-refractivity contribution in [2.45, 2.75) is 6.54 Å². The SMILES string of the molecule is CN(Cc1ccc2ncoc2c1)c1ccc(Br)cc1N. The lowest BCUT2D eigenvalue weighted by Gasteiger charge is -2.21. The number of halogens is 1. The molecule has 0 fully saturated rings. The molecule has 102 valence electrons. The molecule has 0 atom stereocenters. The second-order valence-corrected chi connectivity index (χ2v) is 5.63. The second-order valence-electron chi connectivity index (χ2n) is 4.71. The molecule has 0 spiro atoms. The minimum Gasteiger partial charge on any atom is -0.443 e. The Labute approximate surface area is 125 Å². The number of anilines is 2. The third-order valence-electron chi connectivity index (χ3n) is 3.22. The van der Waals surface area contributed by atoms with Crippen molar-refractivity contribution in [1.29, 1.82) is 0 Å². The quantitative estimate of drug-likeness (QED) is 0.741. The summed E-state index contributed by atoms with van der Waals surface area (Å²) in [7, 11) is 2.02. The number of oxazole rings is 1. The van der Waals surface area contributed by atoms with Gasteiger partial charge in [-0.25, -0.2) is 4.98 Å². The topological polar surface area (TPSA) is 55.3 Å². The lowest BCUT2D eigenvalue weighted by atomic mass is 10.2. The van der Waals surface area contributed by atoms with E-state index < -0.39 is 0 Å². The van der Waals surface area contributed by atoms with E-state index in [1.807, 2.05) is 37.4 Å². The van der Waals surface area contributed by atoms with Crippen LogP contribution in [0.3, 0.4) is 0 Å². The maximum absolute atomic E-state index is 6.05. The Morgan fingerprint density at radius 1 is 1.25 bits per heavy atom. The van der Waals surface area contributed by atoms with Crippen molar-refractivity contribution in [1.82, 2.24) is 4.98 Å². The number of fused-ring (bicyclic) bond motifs is 1. The fourth-order valence-corrected chi connectivity index (χ4v) is 2.61. The molecule has 0 aliphatic carbocycles. The normalized spacial score (nSPS) is 10.9. The van der Waals surface area contributed by atoms with Crippen LogP contribution in [-0.2, 0) is 6.54 Å². The molecule has 20 heavy (non-hydrogen) atoms. The average molecular weight is 332 g/mol. The van der Waals surface area contributed by atoms with Gasteiger partial charge in [0.15, 0.2) is 12.0 Å². The highest BCUT2D eigenvalue weighted by Gasteiger charge is 2.08. The van der Waals surface area contributed by atoms with Crippen LogP contribution in [0.1, 0.15) is 5.56 Å². The van der Waals surface area contributed by atoms with Crippen LogP contribution < -0.4 is 10.6 Å². The number of benzene rings is 2. The molecular weight excluding hydrogens is 318 g/mol. The largest absolute Gasteiger partial charge is 0.443 e. The van der Waals surface area contributed by atoms with Crippen LogP contribution in [0.2, 0.25) is 0 Å². The van der Waals surface area contributed by atoms with Gasteiger partial charge in [-0.15, -0.1) is 0 Å². The van der Waals surface area contributed by atoms with Crippen molar-refractivity contribution < 1.29 is 4.42 Å². The van der Waals surface area contributed by atoms with Gasteiger partial charge in [-0.1, -0.05) is 22.0 Å². The van der Waals surface area contributed by atoms with E-state index in [0.29, 0.717) is 0 Å². The molecule has 3 aromatic rings. The van der Waals surface area contributed by atoms with E-state index in [9.17, 15) is 0 Å². The van der Waals surface area contributed by atoms with E-state index >= 15 is 0 Å². The Bertz CT molecular complexity index is 754. The van der Waals surface area contributed by atoms with Gasteiger partial charge in [0.2, 0.25) is 0 Å². The minimum atomic E-state index is 0.752. The number of hydrogen-bond acceptors (Lipinski definition) is 4. The number of aromatic nitrogens is 1. The third-order valence-corrected chi connectivity index (χ3v) is 3.71. The van der Waals surface area contributed by atoms with Crippen LogP contribution in [-0.4, -0.2) is 12.0 Å². The van der Waals surface area contributed by atoms with E-state index in [2.05, 4.69) is 31.9 Å². The van der Waals surface area contributed by atoms with Crippen molar-refractivity contribution in [3.8, 4) is 0 Å². The molecule has 2 aromatic carbocycles. The fraction of sp³-hybridized carbons (Fsp3) is 0.133. The van der Waals surface area contributed by atoms with Gasteiger partial charge in [0.1, 0.15) is 5.52 Å². The Kier molecular flexibility index (Phi) is 3.36. The summed E-state index contributed by atoms with van der Waals surface area (Å²) in [6.07, 6.45) is 1.46. The van der Waals surface area contributed by atoms with Crippen molar-refractivity contribution in [3.63, 3.8) is 0 Å². The fourth-order valence-electron chi connectivity index (χ4n) is 2.23. The highest BCUT2D eigenvalue weighted by molar-refractivity contribution is 9.10. The molecule has 0 aliphatic rings. The van der Waals surface area contributed by atoms with Gasteiger partial charge in [-0.2, -0.15) is 0 Å². The average Bonchev–Trinajstić information content (AvgIpc) is 2.85. The summed E-state index contributed by atoms with van der Waals surface area (Å²) in [5.41, 5.74) is 10.6. The Balaban J connectivity index is 1.85. The molecule has 2 N–H and O–H groups in total. The summed E-state index contributed by atoms with van der Waals surface area (Å²) in [5, 5.41) is 0. The number of rotatable bonds is 3. The van der Waals surface area contributed by atoms with E-state index in [4.69, 9.17) is 10.2 Å². The molecular formula is C15H14BrN3O. The summed E-state index contributed by atoms with van der Waals surface area (Å²) in [4.78, 5) is 6.23. The maximum Gasteiger partial charge on any atom is 0.181 e. The van der Waals surface area contributed by atoms with Crippen molar-refractivity contribution >= 4 is 38.4 Å². The number of hydrogen-bond donors (Lipinski definition) is 1. The predicted octanol–water partition coefficient (Wildman–Crippen LogP) is 3.81. The van der Waals surface area contributed by atoms with Gasteiger partial charge >= 0.3 is 0 Å². The molecule has 0 unspecified atom stereocenters. The van der Waals surface area contributed by atoms with Crippen molar-refractivity contribution in [2.75, 3.05) is 17.7 Å². The van der Waals surface area contributed by atoms with Gasteiger partial charge in [-0.3, -0.25) is 0 Å². The zero-order valence-electron chi connectivity index (χ0n) is 11.0. The minimum absolute atomic E-state index is 0.752. The summed E-state index contributed by atoms with van der Waals surface area (Å²) in [6, 6.07) is 11.9. The standard InChI is InChI=1S/C15H14BrN3O/c1-19(14-5-3-11(16)7-12(14)17)8-10-2-4-13-15(6-10)20-9-18-13/h2-7,9H,8,17H2,1H3. The molecule has 1 aromatic heterocycles. The van der Waals surface area contributed by atoms with Crippen LogP contribution in [0, 0.1) is 0 Å². The molecule has 5 heteroatoms. The summed E-state index contributed by atoms with van der Waals surface area (Å²) in [5.74, 6) is 0. The van der Waals surface area contributed by atoms with E-state index in [1.54, 1.807) is 0 Å². The van der Waals surface area contributed by atoms with Crippen LogP contribution >= 0.6 is 15.9 Å².